The molecule has 41 heavy (non-hydrogen) atoms. The molecular weight excluding hydrogens is 536 g/mol. The molecule has 0 bridgehead atoms. The van der Waals surface area contributed by atoms with Gasteiger partial charge in [0.05, 0.1) is 37.9 Å². The van der Waals surface area contributed by atoms with E-state index >= 15 is 0 Å². The molecule has 0 radical (unpaired) electrons. The number of nitro groups is 1. The van der Waals surface area contributed by atoms with Crippen LogP contribution in [0.2, 0.25) is 0 Å². The van der Waals surface area contributed by atoms with E-state index in [2.05, 4.69) is 5.10 Å². The fourth-order valence-electron chi connectivity index (χ4n) is 4.51. The van der Waals surface area contributed by atoms with Crippen LogP contribution in [0, 0.1) is 21.7 Å². The summed E-state index contributed by atoms with van der Waals surface area (Å²) in [6.45, 7) is -0.663. The number of benzene rings is 3. The average Bonchev–Trinajstić information content (AvgIpc) is 3.42. The van der Waals surface area contributed by atoms with Crippen LogP contribution < -0.4 is 16.0 Å². The summed E-state index contributed by atoms with van der Waals surface area (Å²) in [5.41, 5.74) is -2.19. The summed E-state index contributed by atoms with van der Waals surface area (Å²) in [5, 5.41) is 16.5. The Morgan fingerprint density at radius 1 is 0.854 bits per heavy atom. The molecule has 2 aromatic heterocycles. The predicted molar refractivity (Wildman–Crippen MR) is 146 cm³/mol. The van der Waals surface area contributed by atoms with Gasteiger partial charge in [-0.05, 0) is 29.8 Å². The Morgan fingerprint density at radius 3 is 2.05 bits per heavy atom. The molecule has 3 aromatic carbocycles. The number of rotatable bonds is 9. The van der Waals surface area contributed by atoms with Gasteiger partial charge in [0.25, 0.3) is 0 Å². The van der Waals surface area contributed by atoms with Crippen LogP contribution >= 0.6 is 0 Å². The maximum atomic E-state index is 14.5. The smallest absolute Gasteiger partial charge is 0.358 e. The molecule has 0 amide bonds. The zero-order chi connectivity index (χ0) is 29.1. The van der Waals surface area contributed by atoms with Gasteiger partial charge in [0.15, 0.2) is 0 Å². The minimum Gasteiger partial charge on any atom is -0.497 e. The molecule has 10 nitrogen and oxygen atoms in total. The molecule has 0 unspecified atom stereocenters. The minimum atomic E-state index is -1.19. The van der Waals surface area contributed by atoms with Crippen molar-refractivity contribution < 1.29 is 18.4 Å². The van der Waals surface area contributed by atoms with Gasteiger partial charge in [0, 0.05) is 22.9 Å². The van der Waals surface area contributed by atoms with E-state index in [4.69, 9.17) is 4.74 Å². The van der Waals surface area contributed by atoms with Crippen molar-refractivity contribution in [2.24, 2.45) is 0 Å². The van der Waals surface area contributed by atoms with Gasteiger partial charge in [0.2, 0.25) is 0 Å². The van der Waals surface area contributed by atoms with Crippen LogP contribution in [-0.4, -0.2) is 30.9 Å². The maximum Gasteiger partial charge on any atom is 0.358 e. The van der Waals surface area contributed by atoms with E-state index in [1.54, 1.807) is 42.5 Å². The number of hydrogen-bond donors (Lipinski definition) is 0. The second-order valence-corrected chi connectivity index (χ2v) is 9.17. The highest BCUT2D eigenvalue weighted by molar-refractivity contribution is 5.68. The Morgan fingerprint density at radius 2 is 1.46 bits per heavy atom. The fraction of sp³-hybridized carbons (Fsp3) is 0.138. The third kappa shape index (κ3) is 5.53. The molecule has 0 atom stereocenters. The first-order valence-corrected chi connectivity index (χ1v) is 12.4. The van der Waals surface area contributed by atoms with E-state index in [1.165, 1.54) is 54.5 Å². The van der Waals surface area contributed by atoms with Gasteiger partial charge in [-0.25, -0.2) is 18.1 Å². The van der Waals surface area contributed by atoms with Crippen molar-refractivity contribution in [3.63, 3.8) is 0 Å². The van der Waals surface area contributed by atoms with Crippen LogP contribution in [0.3, 0.4) is 0 Å². The quantitative estimate of drug-likeness (QED) is 0.197. The van der Waals surface area contributed by atoms with Crippen LogP contribution in [0.5, 0.6) is 5.75 Å². The number of nitrogens with zero attached hydrogens (tertiary/aromatic N) is 5. The molecule has 5 rings (SSSR count). The van der Waals surface area contributed by atoms with Crippen molar-refractivity contribution >= 4 is 5.69 Å². The second kappa shape index (κ2) is 11.4. The molecule has 0 N–H and O–H groups in total. The third-order valence-corrected chi connectivity index (χ3v) is 6.57. The Kier molecular flexibility index (Phi) is 7.55. The van der Waals surface area contributed by atoms with Crippen molar-refractivity contribution in [1.29, 1.82) is 0 Å². The first kappa shape index (κ1) is 27.2. The predicted octanol–water partition coefficient (Wildman–Crippen LogP) is 4.21. The van der Waals surface area contributed by atoms with Gasteiger partial charge in [-0.15, -0.1) is 0 Å². The van der Waals surface area contributed by atoms with Crippen LogP contribution in [0.15, 0.2) is 94.8 Å². The van der Waals surface area contributed by atoms with Crippen molar-refractivity contribution in [2.45, 2.75) is 19.6 Å². The summed E-state index contributed by atoms with van der Waals surface area (Å²) in [5.74, 6) is -0.560. The summed E-state index contributed by atoms with van der Waals surface area (Å²) in [4.78, 5) is 38.8. The molecule has 0 saturated heterocycles. The van der Waals surface area contributed by atoms with Crippen LogP contribution in [0.25, 0.3) is 11.3 Å². The topological polar surface area (TPSA) is 114 Å². The minimum absolute atomic E-state index is 0.00747. The highest BCUT2D eigenvalue weighted by Crippen LogP contribution is 2.27. The van der Waals surface area contributed by atoms with Gasteiger partial charge in [-0.1, -0.05) is 48.5 Å². The fourth-order valence-corrected chi connectivity index (χ4v) is 4.51. The molecule has 2 heterocycles. The molecule has 0 saturated carbocycles. The summed E-state index contributed by atoms with van der Waals surface area (Å²) in [7, 11) is 1.50. The SMILES string of the molecule is COc1ccc(Cn2c(-c3cnn(Cc4ccccc4F)c3)c([N+](=O)[O-])c(=O)n(Cc3ccccc3F)c2=O)cc1. The maximum absolute atomic E-state index is 14.5. The zero-order valence-electron chi connectivity index (χ0n) is 21.7. The van der Waals surface area contributed by atoms with E-state index in [0.29, 0.717) is 21.4 Å². The van der Waals surface area contributed by atoms with Crippen molar-refractivity contribution in [2.75, 3.05) is 7.11 Å². The van der Waals surface area contributed by atoms with Crippen molar-refractivity contribution in [1.82, 2.24) is 18.9 Å². The normalized spacial score (nSPS) is 11.0. The van der Waals surface area contributed by atoms with Crippen molar-refractivity contribution in [3.05, 3.63) is 144 Å². The summed E-state index contributed by atoms with van der Waals surface area (Å²) in [6, 6.07) is 18.3. The molecule has 0 spiro atoms. The largest absolute Gasteiger partial charge is 0.497 e. The van der Waals surface area contributed by atoms with Crippen LogP contribution in [0.1, 0.15) is 16.7 Å². The van der Waals surface area contributed by atoms with Gasteiger partial charge >= 0.3 is 16.9 Å². The van der Waals surface area contributed by atoms with E-state index in [1.807, 2.05) is 0 Å². The summed E-state index contributed by atoms with van der Waals surface area (Å²) < 4.78 is 37.0. The molecular formula is C29H23F2N5O5. The Bertz CT molecular complexity index is 1860. The van der Waals surface area contributed by atoms with Crippen LogP contribution in [0.4, 0.5) is 14.5 Å². The molecule has 208 valence electrons. The lowest BCUT2D eigenvalue weighted by Crippen LogP contribution is -2.42. The van der Waals surface area contributed by atoms with E-state index in [-0.39, 0.29) is 29.9 Å². The van der Waals surface area contributed by atoms with E-state index < -0.39 is 40.0 Å². The molecule has 5 aromatic rings. The highest BCUT2D eigenvalue weighted by atomic mass is 19.1. The number of halogens is 2. The third-order valence-electron chi connectivity index (χ3n) is 6.57. The Hall–Kier alpha value is -5.39. The van der Waals surface area contributed by atoms with E-state index in [9.17, 15) is 28.5 Å². The highest BCUT2D eigenvalue weighted by Gasteiger charge is 2.30. The van der Waals surface area contributed by atoms with Crippen LogP contribution in [-0.2, 0) is 19.6 Å². The second-order valence-electron chi connectivity index (χ2n) is 9.17. The molecule has 0 aliphatic heterocycles. The first-order chi connectivity index (χ1) is 19.8. The lowest BCUT2D eigenvalue weighted by atomic mass is 10.1. The lowest BCUT2D eigenvalue weighted by molar-refractivity contribution is -0.386. The van der Waals surface area contributed by atoms with Gasteiger partial charge in [0.1, 0.15) is 23.1 Å². The van der Waals surface area contributed by atoms with Gasteiger partial charge in [-0.3, -0.25) is 24.2 Å². The monoisotopic (exact) mass is 559 g/mol. The lowest BCUT2D eigenvalue weighted by Gasteiger charge is -2.16. The number of aromatic nitrogens is 4. The zero-order valence-corrected chi connectivity index (χ0v) is 21.7. The summed E-state index contributed by atoms with van der Waals surface area (Å²) >= 11 is 0. The first-order valence-electron chi connectivity index (χ1n) is 12.4. The van der Waals surface area contributed by atoms with Gasteiger partial charge < -0.3 is 4.74 Å². The molecule has 0 fully saturated rings. The standard InChI is InChI=1S/C29H23F2N5O5/c1-41-23-12-10-19(11-13-23)15-34-26(22-14-32-33(17-22)16-20-6-2-4-8-24(20)30)27(36(39)40)28(37)35(29(34)38)18-21-7-3-5-9-25(21)31/h2-14,17H,15-16,18H2,1H3. The van der Waals surface area contributed by atoms with Crippen molar-refractivity contribution in [3.8, 4) is 17.0 Å². The van der Waals surface area contributed by atoms with E-state index in [0.717, 1.165) is 4.57 Å². The molecule has 0 aliphatic rings. The number of ether oxygens (including phenoxy) is 1. The Labute approximate surface area is 231 Å². The average molecular weight is 560 g/mol. The molecule has 12 heteroatoms. The van der Waals surface area contributed by atoms with Gasteiger partial charge in [-0.2, -0.15) is 5.10 Å². The number of methoxy groups -OCH3 is 1. The molecule has 0 aliphatic carbocycles. The summed E-state index contributed by atoms with van der Waals surface area (Å²) in [6.07, 6.45) is 2.67. The number of hydrogen-bond acceptors (Lipinski definition) is 6. The Balaban J connectivity index is 1.70.